The predicted octanol–water partition coefficient (Wildman–Crippen LogP) is -0.119. The van der Waals surface area contributed by atoms with Crippen LogP contribution < -0.4 is 10.5 Å². The highest BCUT2D eigenvalue weighted by Gasteiger charge is 2.32. The van der Waals surface area contributed by atoms with E-state index in [2.05, 4.69) is 16.6 Å². The molecule has 0 fully saturated rings. The lowest BCUT2D eigenvalue weighted by molar-refractivity contribution is -0.122. The van der Waals surface area contributed by atoms with Crippen molar-refractivity contribution in [3.8, 4) is 11.8 Å². The molecule has 7 heteroatoms. The molecule has 1 aromatic carbocycles. The quantitative estimate of drug-likeness (QED) is 0.674. The van der Waals surface area contributed by atoms with E-state index in [0.29, 0.717) is 11.1 Å². The molecule has 0 aliphatic heterocycles. The summed E-state index contributed by atoms with van der Waals surface area (Å²) < 4.78 is 27.0. The van der Waals surface area contributed by atoms with Gasteiger partial charge in [0.25, 0.3) is 0 Å². The maximum Gasteiger partial charge on any atom is 0.241 e. The number of carbonyl (C=O) groups is 1. The number of aliphatic hydroxyl groups is 1. The number of carbonyl (C=O) groups excluding carboxylic acids is 1. The summed E-state index contributed by atoms with van der Waals surface area (Å²) in [5.74, 6) is 4.30. The van der Waals surface area contributed by atoms with Crippen molar-refractivity contribution < 1.29 is 18.3 Å². The van der Waals surface area contributed by atoms with Gasteiger partial charge in [0.05, 0.1) is 4.90 Å². The molecule has 0 bridgehead atoms. The minimum absolute atomic E-state index is 0.0153. The molecule has 1 rings (SSSR count). The van der Waals surface area contributed by atoms with Gasteiger partial charge in [-0.1, -0.05) is 17.9 Å². The zero-order valence-electron chi connectivity index (χ0n) is 12.1. The van der Waals surface area contributed by atoms with Crippen molar-refractivity contribution in [1.82, 2.24) is 4.72 Å². The molecule has 0 aromatic heterocycles. The molecule has 0 saturated heterocycles. The van der Waals surface area contributed by atoms with Crippen LogP contribution in [0, 0.1) is 18.8 Å². The summed E-state index contributed by atoms with van der Waals surface area (Å²) in [6.07, 6.45) is 0. The van der Waals surface area contributed by atoms with Gasteiger partial charge < -0.3 is 10.8 Å². The van der Waals surface area contributed by atoms with Crippen molar-refractivity contribution in [3.05, 3.63) is 29.3 Å². The van der Waals surface area contributed by atoms with E-state index in [4.69, 9.17) is 10.8 Å². The van der Waals surface area contributed by atoms with Gasteiger partial charge >= 0.3 is 0 Å². The van der Waals surface area contributed by atoms with E-state index in [1.807, 2.05) is 0 Å². The number of aliphatic hydroxyl groups excluding tert-OH is 1. The smallest absolute Gasteiger partial charge is 0.241 e. The fraction of sp³-hybridized carbons (Fsp3) is 0.357. The van der Waals surface area contributed by atoms with Gasteiger partial charge in [0, 0.05) is 5.56 Å². The second-order valence-corrected chi connectivity index (χ2v) is 6.69. The summed E-state index contributed by atoms with van der Waals surface area (Å²) in [6.45, 7) is 4.09. The van der Waals surface area contributed by atoms with Gasteiger partial charge in [0.2, 0.25) is 15.9 Å². The van der Waals surface area contributed by atoms with E-state index < -0.39 is 21.5 Å². The molecule has 6 nitrogen and oxygen atoms in total. The molecule has 0 unspecified atom stereocenters. The third-order valence-electron chi connectivity index (χ3n) is 2.79. The fourth-order valence-electron chi connectivity index (χ4n) is 1.55. The first-order valence-electron chi connectivity index (χ1n) is 6.14. The predicted molar refractivity (Wildman–Crippen MR) is 78.7 cm³/mol. The number of hydrogen-bond acceptors (Lipinski definition) is 4. The Bertz CT molecular complexity index is 712. The summed E-state index contributed by atoms with van der Waals surface area (Å²) in [7, 11) is -3.92. The number of aryl methyl sites for hydroxylation is 1. The molecule has 0 aliphatic carbocycles. The number of nitrogens with two attached hydrogens (primary N) is 1. The number of benzene rings is 1. The minimum atomic E-state index is -3.92. The number of primary amides is 1. The zero-order chi connectivity index (χ0) is 16.3. The average Bonchev–Trinajstić information content (AvgIpc) is 2.36. The Balaban J connectivity index is 3.28. The number of amides is 1. The van der Waals surface area contributed by atoms with Crippen molar-refractivity contribution in [1.29, 1.82) is 0 Å². The van der Waals surface area contributed by atoms with Gasteiger partial charge in [0.15, 0.2) is 0 Å². The third kappa shape index (κ3) is 4.29. The van der Waals surface area contributed by atoms with E-state index >= 15 is 0 Å². The monoisotopic (exact) mass is 310 g/mol. The van der Waals surface area contributed by atoms with Crippen molar-refractivity contribution in [2.24, 2.45) is 5.73 Å². The summed E-state index contributed by atoms with van der Waals surface area (Å²) in [6, 6.07) is 4.64. The van der Waals surface area contributed by atoms with Crippen LogP contribution in [0.4, 0.5) is 0 Å². The number of hydrogen-bond donors (Lipinski definition) is 3. The topological polar surface area (TPSA) is 109 Å². The second-order valence-electron chi connectivity index (χ2n) is 5.03. The number of rotatable bonds is 4. The maximum atomic E-state index is 12.4. The Morgan fingerprint density at radius 1 is 1.43 bits per heavy atom. The molecule has 0 saturated carbocycles. The van der Waals surface area contributed by atoms with Crippen molar-refractivity contribution >= 4 is 15.9 Å². The van der Waals surface area contributed by atoms with Crippen LogP contribution in [-0.4, -0.2) is 31.6 Å². The number of sulfonamides is 1. The fourth-order valence-corrected chi connectivity index (χ4v) is 3.21. The molecule has 0 aliphatic rings. The van der Waals surface area contributed by atoms with Gasteiger partial charge in [-0.3, -0.25) is 4.79 Å². The highest BCUT2D eigenvalue weighted by molar-refractivity contribution is 7.89. The van der Waals surface area contributed by atoms with Crippen LogP contribution in [0.5, 0.6) is 0 Å². The summed E-state index contributed by atoms with van der Waals surface area (Å²) in [5.41, 5.74) is 4.73. The molecule has 4 N–H and O–H groups in total. The Hall–Kier alpha value is -1.88. The highest BCUT2D eigenvalue weighted by atomic mass is 32.2. The van der Waals surface area contributed by atoms with Crippen LogP contribution in [0.2, 0.25) is 0 Å². The Morgan fingerprint density at radius 3 is 2.57 bits per heavy atom. The molecule has 0 heterocycles. The molecule has 1 amide bonds. The zero-order valence-corrected chi connectivity index (χ0v) is 12.9. The maximum absolute atomic E-state index is 12.4. The van der Waals surface area contributed by atoms with E-state index in [-0.39, 0.29) is 11.5 Å². The van der Waals surface area contributed by atoms with E-state index in [0.717, 1.165) is 0 Å². The molecule has 1 aromatic rings. The van der Waals surface area contributed by atoms with Gasteiger partial charge in [-0.2, -0.15) is 4.72 Å². The standard InChI is InChI=1S/C14H18N2O4S/c1-10-6-7-11(5-4-8-17)9-12(10)21(19,20)16-14(2,3)13(15)18/h6-7,9,16-17H,8H2,1-3H3,(H2,15,18). The molecule has 0 spiro atoms. The van der Waals surface area contributed by atoms with Crippen LogP contribution in [0.25, 0.3) is 0 Å². The second kappa shape index (κ2) is 6.26. The molecule has 21 heavy (non-hydrogen) atoms. The lowest BCUT2D eigenvalue weighted by atomic mass is 10.1. The Morgan fingerprint density at radius 2 is 2.05 bits per heavy atom. The van der Waals surface area contributed by atoms with Crippen LogP contribution in [-0.2, 0) is 14.8 Å². The molecule has 0 atom stereocenters. The highest BCUT2D eigenvalue weighted by Crippen LogP contribution is 2.19. The van der Waals surface area contributed by atoms with Crippen LogP contribution in [0.1, 0.15) is 25.0 Å². The third-order valence-corrected chi connectivity index (χ3v) is 4.59. The van der Waals surface area contributed by atoms with Crippen LogP contribution in [0.3, 0.4) is 0 Å². The van der Waals surface area contributed by atoms with E-state index in [9.17, 15) is 13.2 Å². The first-order chi connectivity index (χ1) is 9.60. The first-order valence-corrected chi connectivity index (χ1v) is 7.63. The SMILES string of the molecule is Cc1ccc(C#CCO)cc1S(=O)(=O)NC(C)(C)C(N)=O. The van der Waals surface area contributed by atoms with Gasteiger partial charge in [-0.05, 0) is 38.5 Å². The Labute approximate surface area is 124 Å². The summed E-state index contributed by atoms with van der Waals surface area (Å²) in [4.78, 5) is 11.3. The number of nitrogens with one attached hydrogen (secondary N) is 1. The first kappa shape index (κ1) is 17.2. The van der Waals surface area contributed by atoms with Crippen LogP contribution >= 0.6 is 0 Å². The van der Waals surface area contributed by atoms with Gasteiger partial charge in [-0.15, -0.1) is 0 Å². The largest absolute Gasteiger partial charge is 0.384 e. The van der Waals surface area contributed by atoms with Crippen LogP contribution in [0.15, 0.2) is 23.1 Å². The Kier molecular flexibility index (Phi) is 5.12. The normalized spacial score (nSPS) is 11.6. The average molecular weight is 310 g/mol. The molecular formula is C14H18N2O4S. The molecular weight excluding hydrogens is 292 g/mol. The van der Waals surface area contributed by atoms with E-state index in [1.54, 1.807) is 19.1 Å². The lowest BCUT2D eigenvalue weighted by Gasteiger charge is -2.22. The lowest BCUT2D eigenvalue weighted by Crippen LogP contribution is -2.52. The van der Waals surface area contributed by atoms with E-state index in [1.165, 1.54) is 19.9 Å². The summed E-state index contributed by atoms with van der Waals surface area (Å²) >= 11 is 0. The van der Waals surface area contributed by atoms with Gasteiger partial charge in [-0.25, -0.2) is 8.42 Å². The van der Waals surface area contributed by atoms with Crippen molar-refractivity contribution in [2.45, 2.75) is 31.2 Å². The van der Waals surface area contributed by atoms with Crippen molar-refractivity contribution in [3.63, 3.8) is 0 Å². The molecule has 114 valence electrons. The minimum Gasteiger partial charge on any atom is -0.384 e. The summed E-state index contributed by atoms with van der Waals surface area (Å²) in [5, 5.41) is 8.67. The molecule has 0 radical (unpaired) electrons. The van der Waals surface area contributed by atoms with Crippen molar-refractivity contribution in [2.75, 3.05) is 6.61 Å². The van der Waals surface area contributed by atoms with Gasteiger partial charge in [0.1, 0.15) is 12.1 Å².